The minimum absolute atomic E-state index is 0.146. The van der Waals surface area contributed by atoms with E-state index in [2.05, 4.69) is 47.2 Å². The molecule has 0 bridgehead atoms. The molecule has 0 aliphatic heterocycles. The average molecular weight is 499 g/mol. The maximum atomic E-state index is 11.7. The summed E-state index contributed by atoms with van der Waals surface area (Å²) in [5, 5.41) is 17.1. The first kappa shape index (κ1) is 18.6. The fourth-order valence-electron chi connectivity index (χ4n) is 1.51. The van der Waals surface area contributed by atoms with E-state index in [-0.39, 0.29) is 20.9 Å². The van der Waals surface area contributed by atoms with Crippen molar-refractivity contribution in [2.45, 2.75) is 0 Å². The highest BCUT2D eigenvalue weighted by molar-refractivity contribution is 9.11. The van der Waals surface area contributed by atoms with E-state index in [1.807, 2.05) is 0 Å². The van der Waals surface area contributed by atoms with Gasteiger partial charge in [0, 0.05) is 10.7 Å². The second-order valence-corrected chi connectivity index (χ2v) is 7.66. The van der Waals surface area contributed by atoms with Gasteiger partial charge in [0.15, 0.2) is 5.84 Å². The molecule has 3 N–H and O–H groups in total. The Hall–Kier alpha value is -1.69. The Morgan fingerprint density at radius 3 is 2.54 bits per heavy atom. The van der Waals surface area contributed by atoms with E-state index in [1.165, 1.54) is 0 Å². The molecule has 24 heavy (non-hydrogen) atoms. The van der Waals surface area contributed by atoms with E-state index >= 15 is 0 Å². The molecule has 1 amide bonds. The molecule has 0 spiro atoms. The van der Waals surface area contributed by atoms with Gasteiger partial charge in [-0.3, -0.25) is 20.3 Å². The van der Waals surface area contributed by atoms with Crippen LogP contribution in [0.1, 0.15) is 5.56 Å². The normalized spacial score (nSPS) is 11.2. The van der Waals surface area contributed by atoms with Gasteiger partial charge in [-0.25, -0.2) is 4.79 Å². The number of anilines is 1. The minimum atomic E-state index is -0.878. The van der Waals surface area contributed by atoms with Crippen LogP contribution in [0.3, 0.4) is 0 Å². The van der Waals surface area contributed by atoms with Gasteiger partial charge in [0.2, 0.25) is 0 Å². The molecule has 12 heteroatoms. The van der Waals surface area contributed by atoms with Crippen molar-refractivity contribution in [1.82, 2.24) is 0 Å². The van der Waals surface area contributed by atoms with Crippen molar-refractivity contribution in [1.29, 1.82) is 0 Å². The van der Waals surface area contributed by atoms with Crippen molar-refractivity contribution in [3.05, 3.63) is 53.2 Å². The molecule has 126 valence electrons. The van der Waals surface area contributed by atoms with Gasteiger partial charge in [-0.05, 0) is 56.1 Å². The maximum Gasteiger partial charge on any atom is 0.437 e. The van der Waals surface area contributed by atoms with Gasteiger partial charge >= 0.3 is 11.1 Å². The largest absolute Gasteiger partial charge is 0.437 e. The van der Waals surface area contributed by atoms with Crippen molar-refractivity contribution in [3.8, 4) is 0 Å². The minimum Gasteiger partial charge on any atom is -0.380 e. The Balaban J connectivity index is 2.10. The number of benzene rings is 1. The zero-order chi connectivity index (χ0) is 17.9. The Morgan fingerprint density at radius 1 is 1.38 bits per heavy atom. The third kappa shape index (κ3) is 4.44. The molecule has 1 aromatic heterocycles. The third-order valence-electron chi connectivity index (χ3n) is 2.53. The number of nitro groups is 1. The van der Waals surface area contributed by atoms with Crippen LogP contribution in [0.15, 0.2) is 37.7 Å². The van der Waals surface area contributed by atoms with Gasteiger partial charge in [-0.15, -0.1) is 0 Å². The molecular weight excluding hydrogens is 491 g/mol. The highest BCUT2D eigenvalue weighted by Gasteiger charge is 2.25. The van der Waals surface area contributed by atoms with E-state index in [4.69, 9.17) is 17.3 Å². The molecule has 0 aliphatic rings. The van der Waals surface area contributed by atoms with Gasteiger partial charge in [0.25, 0.3) is 0 Å². The molecule has 0 saturated heterocycles. The molecule has 0 fully saturated rings. The number of halogens is 3. The molecular formula is C12H7Br2ClN4O4S. The van der Waals surface area contributed by atoms with Gasteiger partial charge < -0.3 is 5.73 Å². The summed E-state index contributed by atoms with van der Waals surface area (Å²) in [6, 6.07) is 6.33. The first-order valence-electron chi connectivity index (χ1n) is 5.99. The highest BCUT2D eigenvalue weighted by atomic mass is 79.9. The number of nitrogens with one attached hydrogen (secondary N) is 1. The van der Waals surface area contributed by atoms with Crippen LogP contribution in [0.4, 0.5) is 15.5 Å². The van der Waals surface area contributed by atoms with Crippen LogP contribution in [-0.4, -0.2) is 16.9 Å². The quantitative estimate of drug-likeness (QED) is 0.208. The van der Waals surface area contributed by atoms with Gasteiger partial charge in [0.1, 0.15) is 4.47 Å². The predicted molar refractivity (Wildman–Crippen MR) is 98.7 cm³/mol. The first-order valence-corrected chi connectivity index (χ1v) is 8.77. The van der Waals surface area contributed by atoms with Gasteiger partial charge in [0.05, 0.1) is 14.3 Å². The number of nitrogens with two attached hydrogens (primary N) is 1. The van der Waals surface area contributed by atoms with Crippen LogP contribution in [0.5, 0.6) is 0 Å². The number of oxime groups is 1. The monoisotopic (exact) mass is 496 g/mol. The number of rotatable bonds is 4. The standard InChI is InChI=1S/C12H7Br2ClN4O4S/c13-8-7(9(14)24-11(8)19(21)22)10(16)18-23-12(20)17-6-3-1-5(15)2-4-6/h1-4H,(H2,16,18)(H,17,20). The maximum absolute atomic E-state index is 11.7. The topological polar surface area (TPSA) is 120 Å². The number of carbonyl (C=O) groups is 1. The molecule has 0 radical (unpaired) electrons. The smallest absolute Gasteiger partial charge is 0.380 e. The van der Waals surface area contributed by atoms with Crippen LogP contribution in [0, 0.1) is 10.1 Å². The highest BCUT2D eigenvalue weighted by Crippen LogP contribution is 2.42. The third-order valence-corrected chi connectivity index (χ3v) is 5.63. The van der Waals surface area contributed by atoms with E-state index in [0.29, 0.717) is 14.5 Å². The summed E-state index contributed by atoms with van der Waals surface area (Å²) in [5.74, 6) is -0.204. The van der Waals surface area contributed by atoms with E-state index in [9.17, 15) is 14.9 Å². The van der Waals surface area contributed by atoms with Gasteiger partial charge in [-0.2, -0.15) is 0 Å². The van der Waals surface area contributed by atoms with Crippen molar-refractivity contribution >= 4 is 77.4 Å². The summed E-state index contributed by atoms with van der Waals surface area (Å²) >= 11 is 12.8. The van der Waals surface area contributed by atoms with E-state index in [0.717, 1.165) is 11.3 Å². The van der Waals surface area contributed by atoms with Crippen molar-refractivity contribution in [2.75, 3.05) is 5.32 Å². The lowest BCUT2D eigenvalue weighted by atomic mass is 10.3. The molecule has 8 nitrogen and oxygen atoms in total. The summed E-state index contributed by atoms with van der Waals surface area (Å²) in [7, 11) is 0. The summed E-state index contributed by atoms with van der Waals surface area (Å²) in [6.45, 7) is 0. The zero-order valence-corrected chi connectivity index (χ0v) is 16.2. The molecule has 2 aromatic rings. The molecule has 1 aromatic carbocycles. The van der Waals surface area contributed by atoms with Crippen LogP contribution < -0.4 is 11.1 Å². The Bertz CT molecular complexity index is 825. The SMILES string of the molecule is N/C(=N/OC(=O)Nc1ccc(Cl)cc1)c1c(Br)sc([N+](=O)[O-])c1Br. The van der Waals surface area contributed by atoms with Crippen LogP contribution in [0.2, 0.25) is 5.02 Å². The first-order chi connectivity index (χ1) is 11.3. The summed E-state index contributed by atoms with van der Waals surface area (Å²) in [4.78, 5) is 26.6. The molecule has 0 aliphatic carbocycles. The van der Waals surface area contributed by atoms with E-state index in [1.54, 1.807) is 24.3 Å². The van der Waals surface area contributed by atoms with E-state index < -0.39 is 11.0 Å². The lowest BCUT2D eigenvalue weighted by Crippen LogP contribution is -2.17. The van der Waals surface area contributed by atoms with Crippen LogP contribution in [-0.2, 0) is 4.84 Å². The Labute approximate surface area is 161 Å². The fraction of sp³-hybridized carbons (Fsp3) is 0. The zero-order valence-electron chi connectivity index (χ0n) is 11.5. The predicted octanol–water partition coefficient (Wildman–Crippen LogP) is 4.70. The van der Waals surface area contributed by atoms with Crippen molar-refractivity contribution in [2.24, 2.45) is 10.9 Å². The Kier molecular flexibility index (Phi) is 6.15. The average Bonchev–Trinajstić information content (AvgIpc) is 2.82. The summed E-state index contributed by atoms with van der Waals surface area (Å²) in [6.07, 6.45) is -0.878. The second-order valence-electron chi connectivity index (χ2n) is 4.11. The van der Waals surface area contributed by atoms with Crippen LogP contribution in [0.25, 0.3) is 0 Å². The number of thiophene rings is 1. The molecule has 1 heterocycles. The van der Waals surface area contributed by atoms with Crippen molar-refractivity contribution < 1.29 is 14.6 Å². The second kappa shape index (κ2) is 7.92. The van der Waals surface area contributed by atoms with Crippen LogP contribution >= 0.6 is 54.8 Å². The number of hydrogen-bond donors (Lipinski definition) is 2. The number of carbonyl (C=O) groups excluding carboxylic acids is 1. The number of nitrogens with zero attached hydrogens (tertiary/aromatic N) is 2. The van der Waals surface area contributed by atoms with Gasteiger partial charge in [-0.1, -0.05) is 28.1 Å². The number of amidine groups is 1. The summed E-state index contributed by atoms with van der Waals surface area (Å²) in [5.41, 5.74) is 6.40. The van der Waals surface area contributed by atoms with Crippen molar-refractivity contribution in [3.63, 3.8) is 0 Å². The summed E-state index contributed by atoms with van der Waals surface area (Å²) < 4.78 is 0.524. The molecule has 0 atom stereocenters. The molecule has 0 saturated carbocycles. The number of hydrogen-bond acceptors (Lipinski definition) is 6. The number of amides is 1. The molecule has 0 unspecified atom stereocenters. The molecule has 2 rings (SSSR count). The Morgan fingerprint density at radius 2 is 2.00 bits per heavy atom. The lowest BCUT2D eigenvalue weighted by Gasteiger charge is -2.03. The fourth-order valence-corrected chi connectivity index (χ4v) is 4.43. The lowest BCUT2D eigenvalue weighted by molar-refractivity contribution is -0.381.